The van der Waals surface area contributed by atoms with Crippen molar-refractivity contribution < 1.29 is 33.8 Å². The highest BCUT2D eigenvalue weighted by atomic mass is 79.9. The van der Waals surface area contributed by atoms with Crippen LogP contribution in [0.15, 0.2) is 25.3 Å². The number of unbranched alkanes of at least 4 members (excludes halogenated alkanes) is 2. The Morgan fingerprint density at radius 1 is 1.30 bits per heavy atom. The molecule has 8 atom stereocenters. The molecule has 40 heavy (non-hydrogen) atoms. The Morgan fingerprint density at radius 3 is 2.65 bits per heavy atom. The van der Waals surface area contributed by atoms with E-state index in [1.807, 2.05) is 0 Å². The Hall–Kier alpha value is -2.24. The quantitative estimate of drug-likeness (QED) is 0.117. The van der Waals surface area contributed by atoms with Crippen LogP contribution in [0, 0.1) is 11.8 Å². The normalized spacial score (nSPS) is 30.0. The molecule has 0 aromatic heterocycles. The lowest BCUT2D eigenvalue weighted by atomic mass is 9.70. The zero-order valence-corrected chi connectivity index (χ0v) is 25.4. The first-order valence-corrected chi connectivity index (χ1v) is 15.2. The molecule has 0 radical (unpaired) electrons. The van der Waals surface area contributed by atoms with E-state index in [-0.39, 0.29) is 35.7 Å². The Labute approximate surface area is 245 Å². The predicted molar refractivity (Wildman–Crippen MR) is 153 cm³/mol. The van der Waals surface area contributed by atoms with Crippen LogP contribution in [0.2, 0.25) is 0 Å². The number of nitrogens with one attached hydrogen (secondary N) is 1. The molecule has 0 aromatic carbocycles. The van der Waals surface area contributed by atoms with Gasteiger partial charge >= 0.3 is 5.97 Å². The SMILES string of the molecule is C=CCCC(=O)NC[C@H](C)OC(=O)[C@H]1[C@@H]2O[C@@]3(CC2Br)[C@@H]1C(=O)N([C@H](C)CO)[C@@H]3C(=O)N(CC=C)CCCCC. The van der Waals surface area contributed by atoms with E-state index in [0.717, 1.165) is 19.3 Å². The molecular formula is C29H44BrN3O7. The maximum atomic E-state index is 14.2. The molecule has 3 saturated heterocycles. The molecule has 2 bridgehead atoms. The van der Waals surface area contributed by atoms with Crippen LogP contribution in [0.4, 0.5) is 0 Å². The number of rotatable bonds is 16. The van der Waals surface area contributed by atoms with Gasteiger partial charge in [0.1, 0.15) is 17.7 Å². The van der Waals surface area contributed by atoms with Crippen LogP contribution in [-0.2, 0) is 28.7 Å². The van der Waals surface area contributed by atoms with Gasteiger partial charge in [-0.2, -0.15) is 0 Å². The minimum absolute atomic E-state index is 0.129. The van der Waals surface area contributed by atoms with Gasteiger partial charge in [-0.15, -0.1) is 13.2 Å². The van der Waals surface area contributed by atoms with Gasteiger partial charge in [-0.05, 0) is 33.1 Å². The average molecular weight is 627 g/mol. The van der Waals surface area contributed by atoms with Crippen molar-refractivity contribution in [3.8, 4) is 0 Å². The van der Waals surface area contributed by atoms with E-state index in [1.165, 1.54) is 4.90 Å². The molecule has 3 aliphatic heterocycles. The van der Waals surface area contributed by atoms with E-state index in [4.69, 9.17) is 9.47 Å². The lowest BCUT2D eigenvalue weighted by Crippen LogP contribution is -2.58. The lowest BCUT2D eigenvalue weighted by Gasteiger charge is -2.38. The predicted octanol–water partition coefficient (Wildman–Crippen LogP) is 2.33. The Morgan fingerprint density at radius 2 is 2.02 bits per heavy atom. The highest BCUT2D eigenvalue weighted by Crippen LogP contribution is 2.60. The lowest BCUT2D eigenvalue weighted by molar-refractivity contribution is -0.160. The number of amides is 3. The standard InChI is InChI=1S/C29H44BrN3O7/c1-6-9-11-14-32(13-8-3)27(37)25-29-15-20(30)24(40-29)22(23(29)26(36)33(25)18(4)17-34)28(38)39-19(5)16-31-21(35)12-10-7-2/h7-8,18-20,22-25,34H,2-3,6,9-17H2,1,4-5H3,(H,31,35)/t18-,19+,20?,22-,23+,24-,25-,29+/m1/s1. The molecule has 3 fully saturated rings. The minimum Gasteiger partial charge on any atom is -0.460 e. The number of halogens is 1. The molecule has 0 aliphatic carbocycles. The van der Waals surface area contributed by atoms with Gasteiger partial charge in [-0.3, -0.25) is 19.2 Å². The van der Waals surface area contributed by atoms with Crippen LogP contribution >= 0.6 is 15.9 Å². The highest BCUT2D eigenvalue weighted by Gasteiger charge is 2.77. The van der Waals surface area contributed by atoms with E-state index in [9.17, 15) is 24.3 Å². The molecule has 0 aromatic rings. The summed E-state index contributed by atoms with van der Waals surface area (Å²) in [6.45, 7) is 13.5. The van der Waals surface area contributed by atoms with Crippen molar-refractivity contribution in [1.82, 2.24) is 15.1 Å². The number of fused-ring (bicyclic) bond motifs is 1. The summed E-state index contributed by atoms with van der Waals surface area (Å²) in [5.74, 6) is -3.27. The average Bonchev–Trinajstić information content (AvgIpc) is 3.52. The minimum atomic E-state index is -1.23. The third kappa shape index (κ3) is 6.31. The summed E-state index contributed by atoms with van der Waals surface area (Å²) in [5, 5.41) is 12.8. The van der Waals surface area contributed by atoms with E-state index in [1.54, 1.807) is 30.9 Å². The van der Waals surface area contributed by atoms with Gasteiger partial charge in [0.05, 0.1) is 37.1 Å². The van der Waals surface area contributed by atoms with Crippen LogP contribution in [0.25, 0.3) is 0 Å². The Balaban J connectivity index is 1.87. The van der Waals surface area contributed by atoms with Crippen LogP contribution in [0.1, 0.15) is 59.3 Å². The molecule has 1 unspecified atom stereocenters. The number of hydrogen-bond donors (Lipinski definition) is 2. The van der Waals surface area contributed by atoms with E-state index < -0.39 is 47.7 Å². The molecule has 3 rings (SSSR count). The number of allylic oxidation sites excluding steroid dienone is 1. The van der Waals surface area contributed by atoms with Crippen molar-refractivity contribution in [1.29, 1.82) is 0 Å². The number of ether oxygens (including phenoxy) is 2. The van der Waals surface area contributed by atoms with Crippen LogP contribution in [0.5, 0.6) is 0 Å². The largest absolute Gasteiger partial charge is 0.460 e. The number of aliphatic hydroxyl groups excluding tert-OH is 1. The monoisotopic (exact) mass is 625 g/mol. The van der Waals surface area contributed by atoms with Gasteiger partial charge < -0.3 is 29.7 Å². The van der Waals surface area contributed by atoms with Crippen molar-refractivity contribution in [3.63, 3.8) is 0 Å². The maximum Gasteiger partial charge on any atom is 0.312 e. The van der Waals surface area contributed by atoms with Gasteiger partial charge in [0, 0.05) is 24.3 Å². The smallest absolute Gasteiger partial charge is 0.312 e. The second kappa shape index (κ2) is 14.1. The molecular weight excluding hydrogens is 582 g/mol. The molecule has 11 heteroatoms. The first-order valence-electron chi connectivity index (χ1n) is 14.3. The van der Waals surface area contributed by atoms with Gasteiger partial charge in [-0.25, -0.2) is 0 Å². The second-order valence-corrected chi connectivity index (χ2v) is 12.3. The summed E-state index contributed by atoms with van der Waals surface area (Å²) < 4.78 is 12.2. The Kier molecular flexibility index (Phi) is 11.4. The summed E-state index contributed by atoms with van der Waals surface area (Å²) in [6.07, 6.45) is 6.01. The fourth-order valence-electron chi connectivity index (χ4n) is 6.25. The van der Waals surface area contributed by atoms with Crippen molar-refractivity contribution in [2.45, 2.75) is 94.0 Å². The molecule has 224 valence electrons. The number of esters is 1. The summed E-state index contributed by atoms with van der Waals surface area (Å²) >= 11 is 3.65. The molecule has 3 heterocycles. The number of carbonyl (C=O) groups is 4. The van der Waals surface area contributed by atoms with Gasteiger partial charge in [-0.1, -0.05) is 47.8 Å². The summed E-state index contributed by atoms with van der Waals surface area (Å²) in [6, 6.07) is -1.64. The van der Waals surface area contributed by atoms with Crippen molar-refractivity contribution in [2.75, 3.05) is 26.2 Å². The molecule has 0 saturated carbocycles. The third-order valence-corrected chi connectivity index (χ3v) is 8.99. The van der Waals surface area contributed by atoms with Gasteiger partial charge in [0.15, 0.2) is 0 Å². The number of hydrogen-bond acceptors (Lipinski definition) is 7. The molecule has 3 amide bonds. The number of aliphatic hydroxyl groups is 1. The van der Waals surface area contributed by atoms with Crippen molar-refractivity contribution in [3.05, 3.63) is 25.3 Å². The summed E-state index contributed by atoms with van der Waals surface area (Å²) in [7, 11) is 0. The zero-order valence-electron chi connectivity index (χ0n) is 23.9. The van der Waals surface area contributed by atoms with E-state index >= 15 is 0 Å². The fourth-order valence-corrected chi connectivity index (χ4v) is 7.19. The second-order valence-electron chi connectivity index (χ2n) is 11.1. The van der Waals surface area contributed by atoms with Crippen molar-refractivity contribution >= 4 is 39.6 Å². The number of alkyl halides is 1. The van der Waals surface area contributed by atoms with Crippen LogP contribution in [0.3, 0.4) is 0 Å². The number of carbonyl (C=O) groups excluding carboxylic acids is 4. The van der Waals surface area contributed by atoms with Crippen LogP contribution < -0.4 is 5.32 Å². The zero-order chi connectivity index (χ0) is 29.6. The number of nitrogens with zero attached hydrogens (tertiary/aromatic N) is 2. The third-order valence-electron chi connectivity index (χ3n) is 8.14. The molecule has 10 nitrogen and oxygen atoms in total. The van der Waals surface area contributed by atoms with Gasteiger partial charge in [0.2, 0.25) is 17.7 Å². The summed E-state index contributed by atoms with van der Waals surface area (Å²) in [4.78, 5) is 56.5. The summed E-state index contributed by atoms with van der Waals surface area (Å²) in [5.41, 5.74) is -1.23. The van der Waals surface area contributed by atoms with E-state index in [2.05, 4.69) is 41.3 Å². The van der Waals surface area contributed by atoms with Crippen molar-refractivity contribution in [2.24, 2.45) is 11.8 Å². The van der Waals surface area contributed by atoms with E-state index in [0.29, 0.717) is 32.4 Å². The maximum absolute atomic E-state index is 14.2. The topological polar surface area (TPSA) is 125 Å². The first-order chi connectivity index (χ1) is 19.1. The Bertz CT molecular complexity index is 977. The molecule has 2 N–H and O–H groups in total. The van der Waals surface area contributed by atoms with Gasteiger partial charge in [0.25, 0.3) is 0 Å². The fraction of sp³-hybridized carbons (Fsp3) is 0.724. The molecule has 3 aliphatic rings. The first kappa shape index (κ1) is 32.3. The number of likely N-dealkylation sites (tertiary alicyclic amines) is 1. The van der Waals surface area contributed by atoms with Crippen LogP contribution in [-0.4, -0.2) is 99.6 Å². The molecule has 1 spiro atoms. The highest BCUT2D eigenvalue weighted by molar-refractivity contribution is 9.09.